The minimum atomic E-state index is -6.80. The van der Waals surface area contributed by atoms with Gasteiger partial charge in [-0.2, -0.15) is 61.5 Å². The van der Waals surface area contributed by atoms with E-state index in [2.05, 4.69) is 6.58 Å². The predicted octanol–water partition coefficient (Wildman–Crippen LogP) is 9.00. The number of nitrogens with zero attached hydrogens (tertiary/aromatic N) is 2. The Balaban J connectivity index is 2.79. The van der Waals surface area contributed by atoms with Gasteiger partial charge in [0.05, 0.1) is 11.4 Å². The van der Waals surface area contributed by atoms with Gasteiger partial charge in [-0.05, 0) is 42.7 Å². The lowest BCUT2D eigenvalue weighted by Gasteiger charge is -2.42. The predicted molar refractivity (Wildman–Crippen MR) is 140 cm³/mol. The minimum Gasteiger partial charge on any atom is -0.346 e. The highest BCUT2D eigenvalue weighted by atomic mass is 19.4. The van der Waals surface area contributed by atoms with Crippen molar-refractivity contribution in [3.63, 3.8) is 0 Å². The number of rotatable bonds is 10. The zero-order valence-electron chi connectivity index (χ0n) is 25.4. The first-order valence-electron chi connectivity index (χ1n) is 13.6. The smallest absolute Gasteiger partial charge is 0.346 e. The minimum absolute atomic E-state index is 0.177. The molecule has 0 aromatic carbocycles. The van der Waals surface area contributed by atoms with Crippen LogP contribution in [0, 0.1) is 10.8 Å². The molecule has 0 amide bonds. The van der Waals surface area contributed by atoms with Crippen LogP contribution in [0.2, 0.25) is 0 Å². The number of halogens is 14. The summed E-state index contributed by atoms with van der Waals surface area (Å²) in [6, 6.07) is 0. The molecule has 0 spiro atoms. The highest BCUT2D eigenvalue weighted by Crippen LogP contribution is 2.52. The van der Waals surface area contributed by atoms with Gasteiger partial charge in [0.25, 0.3) is 0 Å². The van der Waals surface area contributed by atoms with Crippen molar-refractivity contribution in [2.75, 3.05) is 13.1 Å². The molecule has 0 saturated heterocycles. The van der Waals surface area contributed by atoms with Crippen molar-refractivity contribution in [3.8, 4) is 0 Å². The van der Waals surface area contributed by atoms with E-state index in [9.17, 15) is 71.1 Å². The number of alkyl halides is 14. The normalized spacial score (nSPS) is 20.5. The molecule has 2 aliphatic heterocycles. The molecular formula is C29H30F14N2O2. The Hall–Kier alpha value is -3.34. The third-order valence-electron chi connectivity index (χ3n) is 7.94. The number of hydrogen-bond acceptors (Lipinski definition) is 4. The summed E-state index contributed by atoms with van der Waals surface area (Å²) in [4.78, 5) is 27.3. The van der Waals surface area contributed by atoms with Crippen molar-refractivity contribution in [1.29, 1.82) is 0 Å². The van der Waals surface area contributed by atoms with Crippen LogP contribution in [0.25, 0.3) is 0 Å². The number of hydrogen-bond donors (Lipinski definition) is 0. The fraction of sp³-hybridized carbons (Fsp3) is 0.586. The fourth-order valence-corrected chi connectivity index (χ4v) is 4.81. The molecule has 2 rings (SSSR count). The number of Topliss-reactive ketones (excluding diaryl/α,β-unsaturated/α-hetero) is 2. The van der Waals surface area contributed by atoms with Gasteiger partial charge in [-0.1, -0.05) is 40.3 Å². The molecule has 266 valence electrons. The highest BCUT2D eigenvalue weighted by Gasteiger charge is 2.77. The van der Waals surface area contributed by atoms with Gasteiger partial charge in [0, 0.05) is 36.6 Å². The summed E-state index contributed by atoms with van der Waals surface area (Å²) in [6.45, 7) is 9.00. The summed E-state index contributed by atoms with van der Waals surface area (Å²) < 4.78 is 190. The van der Waals surface area contributed by atoms with E-state index in [1.54, 1.807) is 0 Å². The number of carbonyl (C=O) groups is 2. The summed E-state index contributed by atoms with van der Waals surface area (Å²) in [5, 5.41) is 0. The maximum absolute atomic E-state index is 14.5. The van der Waals surface area contributed by atoms with Crippen LogP contribution in [-0.2, 0) is 9.59 Å². The Labute approximate surface area is 260 Å². The largest absolute Gasteiger partial charge is 0.460 e. The summed E-state index contributed by atoms with van der Waals surface area (Å²) in [5.74, 6) is -31.7. The molecular weight excluding hydrogens is 674 g/mol. The van der Waals surface area contributed by atoms with Crippen molar-refractivity contribution in [2.24, 2.45) is 10.8 Å². The molecule has 0 saturated carbocycles. The molecule has 18 heteroatoms. The maximum atomic E-state index is 14.5. The molecule has 0 atom stereocenters. The van der Waals surface area contributed by atoms with Gasteiger partial charge >= 0.3 is 36.0 Å². The molecule has 0 bridgehead atoms. The molecule has 0 radical (unpaired) electrons. The van der Waals surface area contributed by atoms with E-state index in [1.807, 2.05) is 0 Å². The second-order valence-electron chi connectivity index (χ2n) is 12.2. The maximum Gasteiger partial charge on any atom is 0.460 e. The quantitative estimate of drug-likeness (QED) is 0.168. The Morgan fingerprint density at radius 2 is 0.979 bits per heavy atom. The molecule has 0 aliphatic carbocycles. The third kappa shape index (κ3) is 6.82. The van der Waals surface area contributed by atoms with Crippen LogP contribution in [-0.4, -0.2) is 70.5 Å². The molecule has 0 fully saturated rings. The molecule has 4 nitrogen and oxygen atoms in total. The van der Waals surface area contributed by atoms with E-state index in [0.717, 1.165) is 43.6 Å². The van der Waals surface area contributed by atoms with E-state index in [-0.39, 0.29) is 37.3 Å². The second-order valence-corrected chi connectivity index (χ2v) is 12.2. The molecule has 0 aromatic rings. The summed E-state index contributed by atoms with van der Waals surface area (Å²) >= 11 is 0. The van der Waals surface area contributed by atoms with E-state index in [0.29, 0.717) is 12.4 Å². The van der Waals surface area contributed by atoms with Gasteiger partial charge in [0.1, 0.15) is 0 Å². The SMILES string of the molecule is C=C/C(=C(\C=C/C)N1C=C(C(=O)C(F)(F)C(F)(F)C(F)(F)F)C(C)(C)CC1)N1C=C(C(=O)C(F)(F)C(F)(F)C(F)(F)F)C(C)(C)CC1. The standard InChI is InChI=1S/C29H30F14N2O2/c1-7-9-19(45-13-11-23(5,6)17(15-45)21(47)25(32,33)27(36,37)29(41,42)43)18(8-2)44-12-10-22(3,4)16(14-44)20(46)24(30,31)26(34,35)28(38,39)40/h7-9,14-15H,2,10-13H2,1,3-6H3/b9-7-,19-18-. The van der Waals surface area contributed by atoms with Crippen molar-refractivity contribution in [2.45, 2.75) is 83.5 Å². The lowest BCUT2D eigenvalue weighted by atomic mass is 9.75. The zero-order valence-corrected chi connectivity index (χ0v) is 25.4. The first-order valence-corrected chi connectivity index (χ1v) is 13.6. The van der Waals surface area contributed by atoms with Crippen LogP contribution in [0.5, 0.6) is 0 Å². The van der Waals surface area contributed by atoms with Gasteiger partial charge in [0.15, 0.2) is 0 Å². The average molecular weight is 705 g/mol. The molecule has 0 unspecified atom stereocenters. The van der Waals surface area contributed by atoms with Gasteiger partial charge in [0.2, 0.25) is 11.6 Å². The molecule has 47 heavy (non-hydrogen) atoms. The zero-order chi connectivity index (χ0) is 37.0. The number of allylic oxidation sites excluding steroid dienone is 5. The average Bonchev–Trinajstić information content (AvgIpc) is 2.91. The first kappa shape index (κ1) is 39.8. The fourth-order valence-electron chi connectivity index (χ4n) is 4.81. The van der Waals surface area contributed by atoms with Crippen molar-refractivity contribution >= 4 is 11.6 Å². The Morgan fingerprint density at radius 1 is 0.660 bits per heavy atom. The Bertz CT molecular complexity index is 1400. The lowest BCUT2D eigenvalue weighted by molar-refractivity contribution is -0.343. The van der Waals surface area contributed by atoms with Crippen LogP contribution < -0.4 is 0 Å². The highest BCUT2D eigenvalue weighted by molar-refractivity contribution is 6.03. The van der Waals surface area contributed by atoms with E-state index < -0.39 is 69.6 Å². The third-order valence-corrected chi connectivity index (χ3v) is 7.94. The van der Waals surface area contributed by atoms with E-state index in [4.69, 9.17) is 0 Å². The van der Waals surface area contributed by atoms with Crippen LogP contribution in [0.4, 0.5) is 61.5 Å². The van der Waals surface area contributed by atoms with Crippen LogP contribution >= 0.6 is 0 Å². The van der Waals surface area contributed by atoms with Crippen LogP contribution in [0.1, 0.15) is 47.5 Å². The first-order chi connectivity index (χ1) is 20.9. The van der Waals surface area contributed by atoms with Gasteiger partial charge in [-0.25, -0.2) is 0 Å². The van der Waals surface area contributed by atoms with E-state index >= 15 is 0 Å². The second kappa shape index (κ2) is 12.3. The molecule has 2 aliphatic rings. The van der Waals surface area contributed by atoms with Crippen LogP contribution in [0.15, 0.2) is 59.7 Å². The Morgan fingerprint density at radius 3 is 1.26 bits per heavy atom. The monoisotopic (exact) mass is 704 g/mol. The van der Waals surface area contributed by atoms with Crippen LogP contribution in [0.3, 0.4) is 0 Å². The lowest BCUT2D eigenvalue weighted by Crippen LogP contribution is -2.57. The van der Waals surface area contributed by atoms with Gasteiger partial charge in [-0.15, -0.1) is 0 Å². The molecule has 2 heterocycles. The summed E-state index contributed by atoms with van der Waals surface area (Å²) in [5.41, 5.74) is -6.07. The van der Waals surface area contributed by atoms with Crippen molar-refractivity contribution in [1.82, 2.24) is 9.80 Å². The van der Waals surface area contributed by atoms with Crippen molar-refractivity contribution in [3.05, 3.63) is 59.7 Å². The summed E-state index contributed by atoms with van der Waals surface area (Å²) in [6.07, 6.45) is -9.57. The molecule has 0 aromatic heterocycles. The van der Waals surface area contributed by atoms with Crippen molar-refractivity contribution < 1.29 is 71.1 Å². The van der Waals surface area contributed by atoms with Gasteiger partial charge < -0.3 is 9.80 Å². The molecule has 0 N–H and O–H groups in total. The number of carbonyl (C=O) groups excluding carboxylic acids is 2. The Kier molecular flexibility index (Phi) is 10.4. The number of ketones is 2. The summed E-state index contributed by atoms with van der Waals surface area (Å²) in [7, 11) is 0. The van der Waals surface area contributed by atoms with E-state index in [1.165, 1.54) is 19.1 Å². The van der Waals surface area contributed by atoms with Gasteiger partial charge in [-0.3, -0.25) is 9.59 Å². The topological polar surface area (TPSA) is 40.6 Å².